The van der Waals surface area contributed by atoms with Gasteiger partial charge in [0, 0.05) is 10.9 Å². The molecule has 0 amide bonds. The van der Waals surface area contributed by atoms with Gasteiger partial charge in [0.2, 0.25) is 0 Å². The fourth-order valence-electron chi connectivity index (χ4n) is 1.33. The molecular weight excluding hydrogens is 164 g/mol. The van der Waals surface area contributed by atoms with E-state index in [9.17, 15) is 0 Å². The Kier molecular flexibility index (Phi) is 1.59. The van der Waals surface area contributed by atoms with Crippen molar-refractivity contribution in [3.05, 3.63) is 35.6 Å². The number of amidine groups is 1. The van der Waals surface area contributed by atoms with Crippen LogP contribution in [-0.2, 0) is 0 Å². The van der Waals surface area contributed by atoms with Crippen molar-refractivity contribution in [3.63, 3.8) is 0 Å². The second-order valence-electron chi connectivity index (χ2n) is 3.02. The van der Waals surface area contributed by atoms with Gasteiger partial charge in [0.25, 0.3) is 0 Å². The molecule has 2 rings (SSSR count). The van der Waals surface area contributed by atoms with Gasteiger partial charge in [0.15, 0.2) is 0 Å². The summed E-state index contributed by atoms with van der Waals surface area (Å²) >= 11 is 0. The van der Waals surface area contributed by atoms with Gasteiger partial charge < -0.3 is 10.2 Å². The van der Waals surface area contributed by atoms with Gasteiger partial charge in [-0.2, -0.15) is 0 Å². The third-order valence-corrected chi connectivity index (χ3v) is 1.95. The molecule has 0 spiro atoms. The Bertz CT molecular complexity index is 471. The van der Waals surface area contributed by atoms with Crippen molar-refractivity contribution in [1.29, 1.82) is 5.41 Å². The Balaban J connectivity index is 2.67. The van der Waals surface area contributed by atoms with E-state index in [1.165, 1.54) is 0 Å². The second kappa shape index (κ2) is 2.62. The molecule has 0 saturated heterocycles. The minimum atomic E-state index is 0.0657. The first-order chi connectivity index (χ1) is 6.16. The SMILES string of the molecule is Cc1cc2ccc(C(=N)N)cc2o1. The number of nitrogens with one attached hydrogen (secondary N) is 1. The summed E-state index contributed by atoms with van der Waals surface area (Å²) in [6.07, 6.45) is 0. The molecule has 1 heterocycles. The minimum Gasteiger partial charge on any atom is -0.461 e. The van der Waals surface area contributed by atoms with Crippen LogP contribution in [0, 0.1) is 12.3 Å². The molecule has 0 radical (unpaired) electrons. The Morgan fingerprint density at radius 2 is 2.15 bits per heavy atom. The highest BCUT2D eigenvalue weighted by atomic mass is 16.3. The first kappa shape index (κ1) is 7.86. The van der Waals surface area contributed by atoms with E-state index in [1.54, 1.807) is 6.07 Å². The van der Waals surface area contributed by atoms with Gasteiger partial charge in [0.1, 0.15) is 17.2 Å². The molecule has 3 nitrogen and oxygen atoms in total. The number of nitrogen functional groups attached to an aromatic ring is 1. The van der Waals surface area contributed by atoms with Crippen molar-refractivity contribution in [2.75, 3.05) is 0 Å². The van der Waals surface area contributed by atoms with Crippen LogP contribution >= 0.6 is 0 Å². The van der Waals surface area contributed by atoms with E-state index in [1.807, 2.05) is 25.1 Å². The van der Waals surface area contributed by atoms with Crippen LogP contribution in [0.2, 0.25) is 0 Å². The maximum atomic E-state index is 7.25. The number of benzene rings is 1. The third-order valence-electron chi connectivity index (χ3n) is 1.95. The lowest BCUT2D eigenvalue weighted by molar-refractivity contribution is 0.578. The van der Waals surface area contributed by atoms with Crippen LogP contribution in [0.4, 0.5) is 0 Å². The topological polar surface area (TPSA) is 63.0 Å². The Morgan fingerprint density at radius 1 is 1.38 bits per heavy atom. The standard InChI is InChI=1S/C10H10N2O/c1-6-4-7-2-3-8(10(11)12)5-9(7)13-6/h2-5H,1H3,(H3,11,12). The highest BCUT2D eigenvalue weighted by Crippen LogP contribution is 2.19. The van der Waals surface area contributed by atoms with E-state index in [2.05, 4.69) is 0 Å². The number of aryl methyl sites for hydroxylation is 1. The number of rotatable bonds is 1. The molecule has 0 aliphatic heterocycles. The molecule has 0 atom stereocenters. The smallest absolute Gasteiger partial charge is 0.134 e. The lowest BCUT2D eigenvalue weighted by Gasteiger charge is -1.95. The lowest BCUT2D eigenvalue weighted by atomic mass is 10.1. The van der Waals surface area contributed by atoms with E-state index in [4.69, 9.17) is 15.6 Å². The lowest BCUT2D eigenvalue weighted by Crippen LogP contribution is -2.10. The summed E-state index contributed by atoms with van der Waals surface area (Å²) in [5.41, 5.74) is 6.83. The zero-order valence-corrected chi connectivity index (χ0v) is 7.29. The minimum absolute atomic E-state index is 0.0657. The van der Waals surface area contributed by atoms with Crippen LogP contribution in [0.5, 0.6) is 0 Å². The quantitative estimate of drug-likeness (QED) is 0.513. The van der Waals surface area contributed by atoms with Crippen LogP contribution in [0.25, 0.3) is 11.0 Å². The zero-order chi connectivity index (χ0) is 9.42. The van der Waals surface area contributed by atoms with E-state index >= 15 is 0 Å². The molecule has 66 valence electrons. The van der Waals surface area contributed by atoms with Crippen molar-refractivity contribution >= 4 is 16.8 Å². The van der Waals surface area contributed by atoms with Crippen molar-refractivity contribution in [2.45, 2.75) is 6.92 Å². The van der Waals surface area contributed by atoms with Crippen molar-refractivity contribution < 1.29 is 4.42 Å². The van der Waals surface area contributed by atoms with E-state index in [0.717, 1.165) is 16.7 Å². The molecule has 3 heteroatoms. The van der Waals surface area contributed by atoms with Gasteiger partial charge in [-0.05, 0) is 19.1 Å². The van der Waals surface area contributed by atoms with Crippen molar-refractivity contribution in [2.24, 2.45) is 5.73 Å². The molecule has 1 aromatic heterocycles. The van der Waals surface area contributed by atoms with Crippen molar-refractivity contribution in [3.8, 4) is 0 Å². The Hall–Kier alpha value is -1.77. The van der Waals surface area contributed by atoms with Gasteiger partial charge in [-0.15, -0.1) is 0 Å². The van der Waals surface area contributed by atoms with Crippen LogP contribution in [-0.4, -0.2) is 5.84 Å². The summed E-state index contributed by atoms with van der Waals surface area (Å²) in [7, 11) is 0. The fraction of sp³-hybridized carbons (Fsp3) is 0.100. The molecule has 0 bridgehead atoms. The predicted octanol–water partition coefficient (Wildman–Crippen LogP) is 2.03. The van der Waals surface area contributed by atoms with Crippen LogP contribution < -0.4 is 5.73 Å². The highest BCUT2D eigenvalue weighted by Gasteiger charge is 2.02. The predicted molar refractivity (Wildman–Crippen MR) is 52.0 cm³/mol. The molecule has 3 N–H and O–H groups in total. The van der Waals surface area contributed by atoms with Crippen LogP contribution in [0.1, 0.15) is 11.3 Å². The number of hydrogen-bond donors (Lipinski definition) is 2. The summed E-state index contributed by atoms with van der Waals surface area (Å²) < 4.78 is 5.41. The summed E-state index contributed by atoms with van der Waals surface area (Å²) in [6.45, 7) is 1.90. The first-order valence-electron chi connectivity index (χ1n) is 4.01. The normalized spacial score (nSPS) is 10.5. The van der Waals surface area contributed by atoms with Gasteiger partial charge in [-0.25, -0.2) is 0 Å². The number of hydrogen-bond acceptors (Lipinski definition) is 2. The summed E-state index contributed by atoms with van der Waals surface area (Å²) in [5, 5.41) is 8.30. The first-order valence-corrected chi connectivity index (χ1v) is 4.01. The number of fused-ring (bicyclic) bond motifs is 1. The summed E-state index contributed by atoms with van der Waals surface area (Å²) in [6, 6.07) is 7.46. The molecule has 1 aromatic carbocycles. The zero-order valence-electron chi connectivity index (χ0n) is 7.29. The summed E-state index contributed by atoms with van der Waals surface area (Å²) in [4.78, 5) is 0. The van der Waals surface area contributed by atoms with Crippen LogP contribution in [0.3, 0.4) is 0 Å². The van der Waals surface area contributed by atoms with Crippen molar-refractivity contribution in [1.82, 2.24) is 0 Å². The highest BCUT2D eigenvalue weighted by molar-refractivity contribution is 5.98. The molecule has 0 saturated carbocycles. The fourth-order valence-corrected chi connectivity index (χ4v) is 1.33. The maximum absolute atomic E-state index is 7.25. The maximum Gasteiger partial charge on any atom is 0.134 e. The Labute approximate surface area is 75.7 Å². The largest absolute Gasteiger partial charge is 0.461 e. The van der Waals surface area contributed by atoms with E-state index in [-0.39, 0.29) is 5.84 Å². The number of nitrogens with two attached hydrogens (primary N) is 1. The molecule has 0 aliphatic carbocycles. The summed E-state index contributed by atoms with van der Waals surface area (Å²) in [5.74, 6) is 0.937. The molecule has 0 unspecified atom stereocenters. The van der Waals surface area contributed by atoms with Gasteiger partial charge in [0.05, 0.1) is 0 Å². The van der Waals surface area contributed by atoms with E-state index in [0.29, 0.717) is 5.56 Å². The Morgan fingerprint density at radius 3 is 2.85 bits per heavy atom. The average molecular weight is 174 g/mol. The van der Waals surface area contributed by atoms with Crippen LogP contribution in [0.15, 0.2) is 28.7 Å². The second-order valence-corrected chi connectivity index (χ2v) is 3.02. The van der Waals surface area contributed by atoms with Gasteiger partial charge in [-0.3, -0.25) is 5.41 Å². The third kappa shape index (κ3) is 1.28. The molecular formula is C10H10N2O. The molecule has 0 aliphatic rings. The average Bonchev–Trinajstić information content (AvgIpc) is 2.42. The van der Waals surface area contributed by atoms with Gasteiger partial charge >= 0.3 is 0 Å². The monoisotopic (exact) mass is 174 g/mol. The molecule has 0 fully saturated rings. The number of furan rings is 1. The molecule has 2 aromatic rings. The molecule has 13 heavy (non-hydrogen) atoms. The van der Waals surface area contributed by atoms with E-state index < -0.39 is 0 Å². The van der Waals surface area contributed by atoms with Gasteiger partial charge in [-0.1, -0.05) is 12.1 Å².